The average Bonchev–Trinajstić information content (AvgIpc) is 4.10. The lowest BCUT2D eigenvalue weighted by Crippen LogP contribution is -2.01. The van der Waals surface area contributed by atoms with Gasteiger partial charge in [-0.1, -0.05) is 176 Å². The lowest BCUT2D eigenvalue weighted by Gasteiger charge is -2.13. The van der Waals surface area contributed by atoms with Crippen LogP contribution in [0.5, 0.6) is 0 Å². The number of furan rings is 2. The van der Waals surface area contributed by atoms with Gasteiger partial charge in [-0.3, -0.25) is 0 Å². The molecular formula is C63H38N4O2. The van der Waals surface area contributed by atoms with Crippen molar-refractivity contribution < 1.29 is 8.83 Å². The summed E-state index contributed by atoms with van der Waals surface area (Å²) in [7, 11) is 0. The summed E-state index contributed by atoms with van der Waals surface area (Å²) in [5.41, 5.74) is 15.6. The summed E-state index contributed by atoms with van der Waals surface area (Å²) in [5.74, 6) is 1.73. The van der Waals surface area contributed by atoms with Gasteiger partial charge in [0.25, 0.3) is 0 Å². The molecule has 0 N–H and O–H groups in total. The molecule has 6 heteroatoms. The van der Waals surface area contributed by atoms with Crippen LogP contribution in [0.15, 0.2) is 239 Å². The molecule has 0 fully saturated rings. The van der Waals surface area contributed by atoms with Gasteiger partial charge in [0.05, 0.1) is 16.7 Å². The maximum Gasteiger partial charge on any atom is 0.164 e. The second-order valence-electron chi connectivity index (χ2n) is 17.5. The molecule has 4 aromatic heterocycles. The van der Waals surface area contributed by atoms with Crippen molar-refractivity contribution in [1.82, 2.24) is 19.5 Å². The van der Waals surface area contributed by atoms with E-state index in [-0.39, 0.29) is 0 Å². The van der Waals surface area contributed by atoms with Crippen LogP contribution < -0.4 is 0 Å². The topological polar surface area (TPSA) is 69.9 Å². The Morgan fingerprint density at radius 2 is 0.812 bits per heavy atom. The molecule has 0 bridgehead atoms. The van der Waals surface area contributed by atoms with Gasteiger partial charge < -0.3 is 13.4 Å². The Morgan fingerprint density at radius 3 is 1.58 bits per heavy atom. The summed E-state index contributed by atoms with van der Waals surface area (Å²) in [5, 5.41) is 6.46. The number of benzene rings is 10. The summed E-state index contributed by atoms with van der Waals surface area (Å²) in [6, 6.07) is 80.3. The van der Waals surface area contributed by atoms with Crippen molar-refractivity contribution in [2.24, 2.45) is 0 Å². The van der Waals surface area contributed by atoms with Crippen LogP contribution in [0, 0.1) is 0 Å². The van der Waals surface area contributed by atoms with Gasteiger partial charge in [-0.2, -0.15) is 0 Å². The lowest BCUT2D eigenvalue weighted by atomic mass is 9.95. The van der Waals surface area contributed by atoms with Gasteiger partial charge in [0.2, 0.25) is 0 Å². The van der Waals surface area contributed by atoms with Gasteiger partial charge in [0, 0.05) is 49.0 Å². The van der Waals surface area contributed by atoms with Crippen molar-refractivity contribution in [2.45, 2.75) is 0 Å². The fraction of sp³-hybridized carbons (Fsp3) is 0. The number of nitrogens with zero attached hydrogens (tertiary/aromatic N) is 4. The second kappa shape index (κ2) is 15.6. The van der Waals surface area contributed by atoms with Gasteiger partial charge in [-0.25, -0.2) is 15.0 Å². The van der Waals surface area contributed by atoms with Gasteiger partial charge >= 0.3 is 0 Å². The number of hydrogen-bond acceptors (Lipinski definition) is 5. The van der Waals surface area contributed by atoms with E-state index in [9.17, 15) is 0 Å². The highest BCUT2D eigenvalue weighted by Crippen LogP contribution is 2.43. The number of rotatable bonds is 7. The molecule has 0 aliphatic carbocycles. The molecule has 0 atom stereocenters. The summed E-state index contributed by atoms with van der Waals surface area (Å²) < 4.78 is 16.0. The van der Waals surface area contributed by atoms with Crippen LogP contribution in [0.4, 0.5) is 0 Å². The average molecular weight is 883 g/mol. The van der Waals surface area contributed by atoms with E-state index in [1.54, 1.807) is 0 Å². The Kier molecular flexibility index (Phi) is 8.79. The maximum atomic E-state index is 7.05. The van der Waals surface area contributed by atoms with Gasteiger partial charge in [-0.05, 0) is 88.0 Å². The third-order valence-corrected chi connectivity index (χ3v) is 13.5. The van der Waals surface area contributed by atoms with Crippen molar-refractivity contribution in [1.29, 1.82) is 0 Å². The highest BCUT2D eigenvalue weighted by molar-refractivity contribution is 6.14. The Hall–Kier alpha value is -9.39. The van der Waals surface area contributed by atoms with E-state index < -0.39 is 0 Å². The zero-order valence-electron chi connectivity index (χ0n) is 37.0. The van der Waals surface area contributed by atoms with Crippen LogP contribution in [0.1, 0.15) is 0 Å². The largest absolute Gasteiger partial charge is 0.456 e. The first kappa shape index (κ1) is 38.8. The molecule has 0 saturated heterocycles. The minimum atomic E-state index is 0.557. The summed E-state index contributed by atoms with van der Waals surface area (Å²) in [6.45, 7) is 0. The smallest absolute Gasteiger partial charge is 0.164 e. The van der Waals surface area contributed by atoms with E-state index in [1.807, 2.05) is 54.6 Å². The van der Waals surface area contributed by atoms with Gasteiger partial charge in [-0.15, -0.1) is 0 Å². The molecule has 6 nitrogen and oxygen atoms in total. The summed E-state index contributed by atoms with van der Waals surface area (Å²) in [6.07, 6.45) is 0. The Labute approximate surface area is 396 Å². The summed E-state index contributed by atoms with van der Waals surface area (Å²) >= 11 is 0. The Bertz CT molecular complexity index is 4290. The third-order valence-electron chi connectivity index (χ3n) is 13.5. The summed E-state index contributed by atoms with van der Waals surface area (Å²) in [4.78, 5) is 15.6. The van der Waals surface area contributed by atoms with Crippen molar-refractivity contribution in [3.8, 4) is 73.2 Å². The Morgan fingerprint density at radius 1 is 0.275 bits per heavy atom. The van der Waals surface area contributed by atoms with Crippen LogP contribution in [-0.4, -0.2) is 19.5 Å². The molecule has 0 radical (unpaired) electrons. The van der Waals surface area contributed by atoms with Crippen molar-refractivity contribution >= 4 is 65.7 Å². The minimum absolute atomic E-state index is 0.557. The van der Waals surface area contributed by atoms with E-state index in [2.05, 4.69) is 180 Å². The molecule has 69 heavy (non-hydrogen) atoms. The standard InChI is InChI=1S/C63H38N4O2/c1-4-15-39(16-5-1)41-27-29-43(30-28-41)62-64-61(42-19-8-3-9-20-42)65-63(66-62)53-37-52-47-22-11-13-26-57(47)68-59(52)38-50(53)45-31-33-48-49-23-14-25-56(60(49)69-58(48)36-45)67-54-24-12-10-21-46(54)51-35-44(32-34-55(51)67)40-17-6-2-7-18-40/h1-38H. The molecular weight excluding hydrogens is 845 g/mol. The maximum absolute atomic E-state index is 7.05. The first-order valence-corrected chi connectivity index (χ1v) is 23.2. The third kappa shape index (κ3) is 6.45. The quantitative estimate of drug-likeness (QED) is 0.159. The monoisotopic (exact) mass is 882 g/mol. The number of aromatic nitrogens is 4. The normalized spacial score (nSPS) is 11.8. The number of para-hydroxylation sites is 3. The van der Waals surface area contributed by atoms with E-state index in [4.69, 9.17) is 23.8 Å². The number of hydrogen-bond donors (Lipinski definition) is 0. The molecule has 4 heterocycles. The zero-order valence-corrected chi connectivity index (χ0v) is 37.0. The molecule has 322 valence electrons. The molecule has 0 spiro atoms. The highest BCUT2D eigenvalue weighted by atomic mass is 16.3. The van der Waals surface area contributed by atoms with E-state index in [0.29, 0.717) is 17.5 Å². The van der Waals surface area contributed by atoms with Crippen molar-refractivity contribution in [3.05, 3.63) is 231 Å². The van der Waals surface area contributed by atoms with Crippen LogP contribution in [0.2, 0.25) is 0 Å². The predicted octanol–water partition coefficient (Wildman–Crippen LogP) is 16.8. The first-order valence-electron chi connectivity index (χ1n) is 23.2. The van der Waals surface area contributed by atoms with E-state index in [1.165, 1.54) is 21.9 Å². The molecule has 0 aliphatic rings. The van der Waals surface area contributed by atoms with E-state index in [0.717, 1.165) is 99.5 Å². The molecule has 14 aromatic rings. The number of fused-ring (bicyclic) bond motifs is 9. The fourth-order valence-electron chi connectivity index (χ4n) is 10.1. The van der Waals surface area contributed by atoms with Crippen LogP contribution in [0.25, 0.3) is 139 Å². The van der Waals surface area contributed by atoms with E-state index >= 15 is 0 Å². The van der Waals surface area contributed by atoms with Crippen LogP contribution >= 0.6 is 0 Å². The molecule has 0 amide bonds. The molecule has 0 saturated carbocycles. The second-order valence-corrected chi connectivity index (χ2v) is 17.5. The fourth-order valence-corrected chi connectivity index (χ4v) is 10.1. The molecule has 14 rings (SSSR count). The SMILES string of the molecule is c1ccc(-c2ccc(-c3nc(-c4ccccc4)nc(-c4cc5c(cc4-c4ccc6c(c4)oc4c(-n7c8ccccc8c8cc(-c9ccccc9)ccc87)cccc46)oc4ccccc45)n3)cc2)cc1. The van der Waals surface area contributed by atoms with Crippen molar-refractivity contribution in [2.75, 3.05) is 0 Å². The lowest BCUT2D eigenvalue weighted by molar-refractivity contribution is 0.666. The molecule has 0 aliphatic heterocycles. The molecule has 0 unspecified atom stereocenters. The predicted molar refractivity (Wildman–Crippen MR) is 281 cm³/mol. The van der Waals surface area contributed by atoms with Gasteiger partial charge in [0.1, 0.15) is 16.7 Å². The van der Waals surface area contributed by atoms with Gasteiger partial charge in [0.15, 0.2) is 23.1 Å². The van der Waals surface area contributed by atoms with Crippen LogP contribution in [-0.2, 0) is 0 Å². The highest BCUT2D eigenvalue weighted by Gasteiger charge is 2.22. The first-order chi connectivity index (χ1) is 34.2. The Balaban J connectivity index is 0.957. The van der Waals surface area contributed by atoms with Crippen LogP contribution in [0.3, 0.4) is 0 Å². The zero-order chi connectivity index (χ0) is 45.4. The van der Waals surface area contributed by atoms with Crippen molar-refractivity contribution in [3.63, 3.8) is 0 Å². The molecule has 10 aromatic carbocycles. The minimum Gasteiger partial charge on any atom is -0.456 e.